The number of fused-ring (bicyclic) bond motifs is 2. The SMILES string of the molecule is Cc1cc(C)cc(C2=CCN(C(=O)c3ccc4c(=O)n5c(nc4c3)CCCCC5)CC2)c1. The van der Waals surface area contributed by atoms with E-state index in [0.29, 0.717) is 29.6 Å². The number of hydrogen-bond donors (Lipinski definition) is 0. The molecule has 3 heterocycles. The van der Waals surface area contributed by atoms with E-state index in [4.69, 9.17) is 4.98 Å². The number of hydrogen-bond acceptors (Lipinski definition) is 3. The van der Waals surface area contributed by atoms with Gasteiger partial charge in [-0.25, -0.2) is 4.98 Å². The predicted molar refractivity (Wildman–Crippen MR) is 128 cm³/mol. The molecule has 0 spiro atoms. The maximum absolute atomic E-state index is 13.2. The summed E-state index contributed by atoms with van der Waals surface area (Å²) in [4.78, 5) is 32.8. The molecule has 32 heavy (non-hydrogen) atoms. The Morgan fingerprint density at radius 2 is 1.75 bits per heavy atom. The molecule has 2 aliphatic rings. The van der Waals surface area contributed by atoms with E-state index >= 15 is 0 Å². The van der Waals surface area contributed by atoms with Gasteiger partial charge in [-0.05, 0) is 62.4 Å². The van der Waals surface area contributed by atoms with Crippen LogP contribution in [0.3, 0.4) is 0 Å². The van der Waals surface area contributed by atoms with Gasteiger partial charge < -0.3 is 4.90 Å². The molecule has 3 aromatic rings. The lowest BCUT2D eigenvalue weighted by Crippen LogP contribution is -2.34. The summed E-state index contributed by atoms with van der Waals surface area (Å²) in [7, 11) is 0. The Morgan fingerprint density at radius 1 is 0.938 bits per heavy atom. The van der Waals surface area contributed by atoms with Crippen LogP contribution >= 0.6 is 0 Å². The highest BCUT2D eigenvalue weighted by Gasteiger charge is 2.21. The molecule has 1 aromatic heterocycles. The molecule has 5 rings (SSSR count). The zero-order chi connectivity index (χ0) is 22.2. The molecule has 5 heteroatoms. The topological polar surface area (TPSA) is 55.2 Å². The number of amides is 1. The second kappa shape index (κ2) is 8.38. The van der Waals surface area contributed by atoms with Crippen molar-refractivity contribution in [3.63, 3.8) is 0 Å². The van der Waals surface area contributed by atoms with Crippen molar-refractivity contribution in [2.45, 2.75) is 52.5 Å². The largest absolute Gasteiger partial charge is 0.335 e. The highest BCUT2D eigenvalue weighted by atomic mass is 16.2. The molecule has 0 fully saturated rings. The van der Waals surface area contributed by atoms with Gasteiger partial charge in [0.25, 0.3) is 11.5 Å². The van der Waals surface area contributed by atoms with E-state index in [1.807, 2.05) is 9.47 Å². The highest BCUT2D eigenvalue weighted by molar-refractivity contribution is 5.98. The van der Waals surface area contributed by atoms with E-state index in [1.165, 1.54) is 22.3 Å². The van der Waals surface area contributed by atoms with Crippen LogP contribution in [0.15, 0.2) is 47.3 Å². The van der Waals surface area contributed by atoms with E-state index in [2.05, 4.69) is 38.1 Å². The molecule has 0 bridgehead atoms. The molecule has 2 aromatic carbocycles. The lowest BCUT2D eigenvalue weighted by Gasteiger charge is -2.27. The average Bonchev–Trinajstić information content (AvgIpc) is 3.03. The third-order valence-corrected chi connectivity index (χ3v) is 6.65. The quantitative estimate of drug-likeness (QED) is 0.597. The van der Waals surface area contributed by atoms with Gasteiger partial charge in [0.1, 0.15) is 5.82 Å². The molecular weight excluding hydrogens is 398 g/mol. The molecule has 0 radical (unpaired) electrons. The van der Waals surface area contributed by atoms with Crippen LogP contribution in [0, 0.1) is 13.8 Å². The molecule has 0 N–H and O–H groups in total. The Morgan fingerprint density at radius 3 is 2.50 bits per heavy atom. The average molecular weight is 428 g/mol. The number of carbonyl (C=O) groups excluding carboxylic acids is 1. The number of carbonyl (C=O) groups is 1. The summed E-state index contributed by atoms with van der Waals surface area (Å²) in [6.07, 6.45) is 7.02. The maximum atomic E-state index is 13.2. The Bertz CT molecular complexity index is 1280. The Labute approximate surface area is 188 Å². The normalized spacial score (nSPS) is 16.4. The van der Waals surface area contributed by atoms with E-state index < -0.39 is 0 Å². The van der Waals surface area contributed by atoms with Crippen LogP contribution in [-0.4, -0.2) is 33.4 Å². The van der Waals surface area contributed by atoms with E-state index in [1.54, 1.807) is 18.2 Å². The van der Waals surface area contributed by atoms with Crippen molar-refractivity contribution in [3.05, 3.63) is 80.9 Å². The van der Waals surface area contributed by atoms with Gasteiger partial charge in [-0.3, -0.25) is 14.2 Å². The van der Waals surface area contributed by atoms with Crippen molar-refractivity contribution in [1.29, 1.82) is 0 Å². The monoisotopic (exact) mass is 427 g/mol. The summed E-state index contributed by atoms with van der Waals surface area (Å²) < 4.78 is 1.82. The molecule has 0 saturated heterocycles. The number of rotatable bonds is 2. The summed E-state index contributed by atoms with van der Waals surface area (Å²) in [5.41, 5.74) is 6.34. The van der Waals surface area contributed by atoms with Gasteiger partial charge in [0.15, 0.2) is 0 Å². The molecule has 5 nitrogen and oxygen atoms in total. The summed E-state index contributed by atoms with van der Waals surface area (Å²) in [6, 6.07) is 12.0. The van der Waals surface area contributed by atoms with Gasteiger partial charge >= 0.3 is 0 Å². The number of aryl methyl sites for hydroxylation is 3. The third-order valence-electron chi connectivity index (χ3n) is 6.65. The minimum atomic E-state index is -0.000493. The maximum Gasteiger partial charge on any atom is 0.261 e. The first kappa shape index (κ1) is 20.7. The third kappa shape index (κ3) is 3.88. The Kier molecular flexibility index (Phi) is 5.41. The molecule has 1 amide bonds. The first-order chi connectivity index (χ1) is 15.5. The van der Waals surface area contributed by atoms with Crippen molar-refractivity contribution in [3.8, 4) is 0 Å². The number of aromatic nitrogens is 2. The lowest BCUT2D eigenvalue weighted by molar-refractivity contribution is 0.0773. The van der Waals surface area contributed by atoms with Crippen LogP contribution < -0.4 is 5.56 Å². The fourth-order valence-corrected chi connectivity index (χ4v) is 5.01. The second-order valence-corrected chi connectivity index (χ2v) is 9.13. The second-order valence-electron chi connectivity index (χ2n) is 9.13. The van der Waals surface area contributed by atoms with Crippen molar-refractivity contribution in [2.24, 2.45) is 0 Å². The van der Waals surface area contributed by atoms with Gasteiger partial charge in [-0.1, -0.05) is 41.8 Å². The minimum absolute atomic E-state index is 0.000493. The van der Waals surface area contributed by atoms with Crippen LogP contribution in [0.2, 0.25) is 0 Å². The van der Waals surface area contributed by atoms with Gasteiger partial charge in [-0.2, -0.15) is 0 Å². The molecule has 0 saturated carbocycles. The zero-order valence-electron chi connectivity index (χ0n) is 18.9. The van der Waals surface area contributed by atoms with E-state index in [9.17, 15) is 9.59 Å². The highest BCUT2D eigenvalue weighted by Crippen LogP contribution is 2.25. The zero-order valence-corrected chi connectivity index (χ0v) is 18.9. The Hall–Kier alpha value is -3.21. The molecule has 0 unspecified atom stereocenters. The fraction of sp³-hybridized carbons (Fsp3) is 0.370. The van der Waals surface area contributed by atoms with Crippen molar-refractivity contribution >= 4 is 22.4 Å². The molecule has 0 aliphatic carbocycles. The fourth-order valence-electron chi connectivity index (χ4n) is 5.01. The molecule has 2 aliphatic heterocycles. The first-order valence-corrected chi connectivity index (χ1v) is 11.6. The van der Waals surface area contributed by atoms with Crippen LogP contribution in [0.1, 0.15) is 58.6 Å². The summed E-state index contributed by atoms with van der Waals surface area (Å²) in [6.45, 7) is 6.26. The predicted octanol–water partition coefficient (Wildman–Crippen LogP) is 4.67. The van der Waals surface area contributed by atoms with Crippen LogP contribution in [0.25, 0.3) is 16.5 Å². The van der Waals surface area contributed by atoms with Crippen molar-refractivity contribution in [1.82, 2.24) is 14.5 Å². The van der Waals surface area contributed by atoms with Crippen LogP contribution in [0.4, 0.5) is 0 Å². The number of nitrogens with zero attached hydrogens (tertiary/aromatic N) is 3. The van der Waals surface area contributed by atoms with Gasteiger partial charge in [0.2, 0.25) is 0 Å². The van der Waals surface area contributed by atoms with E-state index in [0.717, 1.165) is 44.5 Å². The summed E-state index contributed by atoms with van der Waals surface area (Å²) >= 11 is 0. The van der Waals surface area contributed by atoms with Crippen molar-refractivity contribution < 1.29 is 4.79 Å². The molecular formula is C27H29N3O2. The minimum Gasteiger partial charge on any atom is -0.335 e. The Balaban J connectivity index is 1.40. The molecule has 164 valence electrons. The number of benzene rings is 2. The smallest absolute Gasteiger partial charge is 0.261 e. The van der Waals surface area contributed by atoms with E-state index in [-0.39, 0.29) is 11.5 Å². The van der Waals surface area contributed by atoms with Gasteiger partial charge in [0.05, 0.1) is 10.9 Å². The summed E-state index contributed by atoms with van der Waals surface area (Å²) in [5.74, 6) is 0.850. The van der Waals surface area contributed by atoms with Crippen LogP contribution in [0.5, 0.6) is 0 Å². The standard InChI is InChI=1S/C27H29N3O2/c1-18-14-19(2)16-22(15-18)20-9-12-29(13-10-20)26(31)21-7-8-23-24(17-21)28-25-6-4-3-5-11-30(25)27(23)32/h7-9,14-17H,3-6,10-13H2,1-2H3. The summed E-state index contributed by atoms with van der Waals surface area (Å²) in [5, 5.41) is 0.600. The van der Waals surface area contributed by atoms with Gasteiger partial charge in [-0.15, -0.1) is 0 Å². The van der Waals surface area contributed by atoms with Crippen molar-refractivity contribution in [2.75, 3.05) is 13.1 Å². The molecule has 0 atom stereocenters. The van der Waals surface area contributed by atoms with Crippen LogP contribution in [-0.2, 0) is 13.0 Å². The van der Waals surface area contributed by atoms with Gasteiger partial charge in [0, 0.05) is 31.6 Å². The lowest BCUT2D eigenvalue weighted by atomic mass is 9.96. The first-order valence-electron chi connectivity index (χ1n) is 11.6.